The van der Waals surface area contributed by atoms with Crippen LogP contribution in [0.15, 0.2) is 11.3 Å². The fraction of sp³-hybridized carbons (Fsp3) is 0.833. The van der Waals surface area contributed by atoms with Gasteiger partial charge in [0.1, 0.15) is 12.2 Å². The van der Waals surface area contributed by atoms with Crippen LogP contribution in [0.25, 0.3) is 0 Å². The molecule has 0 saturated carbocycles. The van der Waals surface area contributed by atoms with Gasteiger partial charge in [0.25, 0.3) is 0 Å². The van der Waals surface area contributed by atoms with E-state index in [2.05, 4.69) is 63.2 Å². The molecule has 0 aliphatic rings. The summed E-state index contributed by atoms with van der Waals surface area (Å²) in [7, 11) is 4.27. The zero-order valence-corrected chi connectivity index (χ0v) is 16.6. The van der Waals surface area contributed by atoms with Crippen molar-refractivity contribution < 1.29 is 0 Å². The summed E-state index contributed by atoms with van der Waals surface area (Å²) < 4.78 is 2.09. The summed E-state index contributed by atoms with van der Waals surface area (Å²) in [4.78, 5) is 6.92. The summed E-state index contributed by atoms with van der Waals surface area (Å²) in [5.41, 5.74) is 0. The van der Waals surface area contributed by atoms with E-state index in [0.29, 0.717) is 0 Å². The van der Waals surface area contributed by atoms with Crippen molar-refractivity contribution in [3.05, 3.63) is 12.2 Å². The molecule has 0 aliphatic carbocycles. The zero-order valence-electron chi connectivity index (χ0n) is 16.6. The lowest BCUT2D eigenvalue weighted by molar-refractivity contribution is 0.390. The van der Waals surface area contributed by atoms with E-state index >= 15 is 0 Å². The van der Waals surface area contributed by atoms with Gasteiger partial charge in [-0.15, -0.1) is 10.2 Å². The van der Waals surface area contributed by atoms with Crippen LogP contribution < -0.4 is 10.6 Å². The predicted molar refractivity (Wildman–Crippen MR) is 105 cm³/mol. The first-order chi connectivity index (χ1) is 12.2. The van der Waals surface area contributed by atoms with Crippen molar-refractivity contribution in [2.75, 3.05) is 40.3 Å². The number of rotatable bonds is 13. The molecule has 25 heavy (non-hydrogen) atoms. The van der Waals surface area contributed by atoms with E-state index in [-0.39, 0.29) is 0 Å². The first kappa shape index (κ1) is 21.4. The molecule has 0 fully saturated rings. The molecule has 144 valence electrons. The number of aryl methyl sites for hydroxylation is 1. The standard InChI is InChI=1S/C18H37N7/c1-5-17-23-22-16-25(17)15-13-21-18(19-6-2)20-12-10-8-7-9-11-14-24(3)4/h16H,5-15H2,1-4H3,(H2,19,20,21). The predicted octanol–water partition coefficient (Wildman–Crippen LogP) is 1.91. The second kappa shape index (κ2) is 13.6. The highest BCUT2D eigenvalue weighted by molar-refractivity contribution is 5.79. The Kier molecular flexibility index (Phi) is 11.7. The van der Waals surface area contributed by atoms with Crippen molar-refractivity contribution in [3.8, 4) is 0 Å². The lowest BCUT2D eigenvalue weighted by Crippen LogP contribution is -2.39. The van der Waals surface area contributed by atoms with Crippen LogP contribution >= 0.6 is 0 Å². The van der Waals surface area contributed by atoms with Gasteiger partial charge in [0.05, 0.1) is 0 Å². The molecule has 1 aromatic heterocycles. The fourth-order valence-electron chi connectivity index (χ4n) is 2.64. The van der Waals surface area contributed by atoms with E-state index in [1.807, 2.05) is 0 Å². The summed E-state index contributed by atoms with van der Waals surface area (Å²) in [6.45, 7) is 8.82. The van der Waals surface area contributed by atoms with E-state index in [4.69, 9.17) is 0 Å². The topological polar surface area (TPSA) is 70.4 Å². The highest BCUT2D eigenvalue weighted by Crippen LogP contribution is 2.03. The maximum absolute atomic E-state index is 4.67. The van der Waals surface area contributed by atoms with Crippen molar-refractivity contribution in [1.29, 1.82) is 0 Å². The minimum Gasteiger partial charge on any atom is -0.357 e. The molecule has 0 atom stereocenters. The SMILES string of the molecule is CCNC(=NCCCCCCCN(C)C)NCCn1cnnc1CC. The summed E-state index contributed by atoms with van der Waals surface area (Å²) >= 11 is 0. The van der Waals surface area contributed by atoms with Gasteiger partial charge < -0.3 is 20.1 Å². The molecule has 0 bridgehead atoms. The van der Waals surface area contributed by atoms with Gasteiger partial charge in [-0.1, -0.05) is 26.2 Å². The first-order valence-corrected chi connectivity index (χ1v) is 9.71. The van der Waals surface area contributed by atoms with E-state index in [0.717, 1.165) is 50.8 Å². The lowest BCUT2D eigenvalue weighted by atomic mass is 10.1. The Hall–Kier alpha value is -1.63. The van der Waals surface area contributed by atoms with Crippen LogP contribution in [0, 0.1) is 0 Å². The molecule has 1 aromatic rings. The number of unbranched alkanes of at least 4 members (excludes halogenated alkanes) is 4. The van der Waals surface area contributed by atoms with Gasteiger partial charge in [0, 0.05) is 32.6 Å². The fourth-order valence-corrected chi connectivity index (χ4v) is 2.64. The normalized spacial score (nSPS) is 12.0. The van der Waals surface area contributed by atoms with Crippen LogP contribution in [0.2, 0.25) is 0 Å². The largest absolute Gasteiger partial charge is 0.357 e. The molecule has 0 amide bonds. The molecule has 0 aromatic carbocycles. The van der Waals surface area contributed by atoms with Crippen molar-refractivity contribution in [3.63, 3.8) is 0 Å². The average Bonchev–Trinajstić information content (AvgIpc) is 3.04. The number of nitrogens with one attached hydrogen (secondary N) is 2. The molecule has 1 rings (SSSR count). The van der Waals surface area contributed by atoms with E-state index in [1.54, 1.807) is 6.33 Å². The minimum atomic E-state index is 0.821. The summed E-state index contributed by atoms with van der Waals surface area (Å²) in [5, 5.41) is 14.8. The third-order valence-corrected chi connectivity index (χ3v) is 4.03. The maximum Gasteiger partial charge on any atom is 0.191 e. The molecule has 7 nitrogen and oxygen atoms in total. The second-order valence-electron chi connectivity index (χ2n) is 6.55. The van der Waals surface area contributed by atoms with Crippen LogP contribution in [-0.4, -0.2) is 65.9 Å². The van der Waals surface area contributed by atoms with E-state index in [9.17, 15) is 0 Å². The van der Waals surface area contributed by atoms with Gasteiger partial charge in [-0.05, 0) is 40.4 Å². The summed E-state index contributed by atoms with van der Waals surface area (Å²) in [6, 6.07) is 0. The van der Waals surface area contributed by atoms with E-state index in [1.165, 1.54) is 32.2 Å². The molecule has 0 saturated heterocycles. The Bertz CT molecular complexity index is 468. The molecule has 1 heterocycles. The van der Waals surface area contributed by atoms with Gasteiger partial charge in [-0.2, -0.15) is 0 Å². The van der Waals surface area contributed by atoms with Gasteiger partial charge in [-0.25, -0.2) is 0 Å². The Labute approximate surface area is 153 Å². The second-order valence-corrected chi connectivity index (χ2v) is 6.55. The van der Waals surface area contributed by atoms with Crippen molar-refractivity contribution in [2.24, 2.45) is 4.99 Å². The molecular formula is C18H37N7. The van der Waals surface area contributed by atoms with Crippen LogP contribution in [0.5, 0.6) is 0 Å². The van der Waals surface area contributed by atoms with Crippen LogP contribution in [0.1, 0.15) is 51.8 Å². The van der Waals surface area contributed by atoms with Crippen LogP contribution in [0.4, 0.5) is 0 Å². The smallest absolute Gasteiger partial charge is 0.191 e. The molecule has 7 heteroatoms. The van der Waals surface area contributed by atoms with Crippen molar-refractivity contribution in [1.82, 2.24) is 30.3 Å². The number of guanidine groups is 1. The Morgan fingerprint density at radius 2 is 1.88 bits per heavy atom. The zero-order chi connectivity index (χ0) is 18.3. The number of nitrogens with zero attached hydrogens (tertiary/aromatic N) is 5. The molecule has 0 aliphatic heterocycles. The summed E-state index contributed by atoms with van der Waals surface area (Å²) in [5.74, 6) is 1.93. The molecular weight excluding hydrogens is 314 g/mol. The van der Waals surface area contributed by atoms with Gasteiger partial charge in [0.2, 0.25) is 0 Å². The Morgan fingerprint density at radius 1 is 1.12 bits per heavy atom. The minimum absolute atomic E-state index is 0.821. The van der Waals surface area contributed by atoms with Crippen LogP contribution in [0.3, 0.4) is 0 Å². The average molecular weight is 352 g/mol. The lowest BCUT2D eigenvalue weighted by Gasteiger charge is -2.12. The highest BCUT2D eigenvalue weighted by atomic mass is 15.3. The molecule has 2 N–H and O–H groups in total. The number of hydrogen-bond acceptors (Lipinski definition) is 4. The van der Waals surface area contributed by atoms with Gasteiger partial charge in [0.15, 0.2) is 5.96 Å². The maximum atomic E-state index is 4.67. The number of aromatic nitrogens is 3. The number of aliphatic imine (C=N–C) groups is 1. The monoisotopic (exact) mass is 351 g/mol. The van der Waals surface area contributed by atoms with Gasteiger partial charge >= 0.3 is 0 Å². The summed E-state index contributed by atoms with van der Waals surface area (Å²) in [6.07, 6.45) is 9.04. The van der Waals surface area contributed by atoms with Gasteiger partial charge in [-0.3, -0.25) is 4.99 Å². The molecule has 0 unspecified atom stereocenters. The quantitative estimate of drug-likeness (QED) is 0.323. The van der Waals surface area contributed by atoms with E-state index < -0.39 is 0 Å². The molecule has 0 radical (unpaired) electrons. The third kappa shape index (κ3) is 10.1. The third-order valence-electron chi connectivity index (χ3n) is 4.03. The Balaban J connectivity index is 2.18. The highest BCUT2D eigenvalue weighted by Gasteiger charge is 2.02. The van der Waals surface area contributed by atoms with Crippen molar-refractivity contribution in [2.45, 2.75) is 58.9 Å². The Morgan fingerprint density at radius 3 is 2.60 bits per heavy atom. The van der Waals surface area contributed by atoms with Crippen molar-refractivity contribution >= 4 is 5.96 Å². The number of hydrogen-bond donors (Lipinski definition) is 2. The first-order valence-electron chi connectivity index (χ1n) is 9.71. The van der Waals surface area contributed by atoms with Crippen LogP contribution in [-0.2, 0) is 13.0 Å². The molecule has 0 spiro atoms.